The number of benzene rings is 1. The van der Waals surface area contributed by atoms with E-state index in [1.165, 1.54) is 36.0 Å². The number of halogens is 1. The molecule has 3 nitrogen and oxygen atoms in total. The molecule has 1 heterocycles. The van der Waals surface area contributed by atoms with Crippen molar-refractivity contribution in [2.45, 2.75) is 46.5 Å². The molecule has 140 valence electrons. The molecule has 0 aliphatic carbocycles. The number of carbonyl (C=O) groups is 1. The maximum Gasteiger partial charge on any atom is 0.361 e. The van der Waals surface area contributed by atoms with Crippen LogP contribution < -0.4 is 12.4 Å². The van der Waals surface area contributed by atoms with Crippen molar-refractivity contribution in [1.29, 1.82) is 0 Å². The predicted molar refractivity (Wildman–Crippen MR) is 98.9 cm³/mol. The van der Waals surface area contributed by atoms with Crippen molar-refractivity contribution in [2.75, 3.05) is 32.8 Å². The molecule has 0 N–H and O–H groups in total. The van der Waals surface area contributed by atoms with E-state index in [4.69, 9.17) is 4.74 Å². The van der Waals surface area contributed by atoms with Crippen LogP contribution in [0.4, 0.5) is 0 Å². The van der Waals surface area contributed by atoms with E-state index in [1.807, 2.05) is 6.92 Å². The third kappa shape index (κ3) is 7.21. The Hall–Kier alpha value is -1.32. The van der Waals surface area contributed by atoms with E-state index in [2.05, 4.69) is 44.2 Å². The second-order valence-electron chi connectivity index (χ2n) is 7.21. The van der Waals surface area contributed by atoms with E-state index in [9.17, 15) is 4.79 Å². The lowest BCUT2D eigenvalue weighted by Crippen LogP contribution is -3.00. The van der Waals surface area contributed by atoms with Crippen molar-refractivity contribution < 1.29 is 26.4 Å². The average molecular weight is 366 g/mol. The summed E-state index contributed by atoms with van der Waals surface area (Å²) in [5.74, 6) is -0.0519. The smallest absolute Gasteiger partial charge is 0.361 e. The van der Waals surface area contributed by atoms with Crippen LogP contribution in [0, 0.1) is 6.92 Å². The lowest BCUT2D eigenvalue weighted by Gasteiger charge is -2.40. The van der Waals surface area contributed by atoms with Crippen molar-refractivity contribution in [1.82, 2.24) is 0 Å². The van der Waals surface area contributed by atoms with E-state index in [0.717, 1.165) is 30.5 Å². The fourth-order valence-corrected chi connectivity index (χ4v) is 3.52. The van der Waals surface area contributed by atoms with Crippen molar-refractivity contribution in [2.24, 2.45) is 0 Å². The number of likely N-dealkylation sites (tertiary alicyclic amines) is 1. The highest BCUT2D eigenvalue weighted by Gasteiger charge is 2.32. The maximum atomic E-state index is 12.0. The predicted octanol–water partition coefficient (Wildman–Crippen LogP) is 1.05. The Bertz CT molecular complexity index is 560. The second kappa shape index (κ2) is 10.6. The Morgan fingerprint density at radius 3 is 2.40 bits per heavy atom. The molecular formula is C21H32ClNO2. The highest BCUT2D eigenvalue weighted by molar-refractivity contribution is 5.70. The summed E-state index contributed by atoms with van der Waals surface area (Å²) in [5, 5.41) is 0. The first kappa shape index (κ1) is 21.7. The standard InChI is InChI=1S/C21H32NO2.ClH/c1-4-24-21(23)17-22(13-6-5-7-14-22)15-12-19(3)16-20-10-8-18(2)9-11-20;/h8-12H,4-7,13-17H2,1-3H3;1H/q+1;/p-1/b19-12+;. The van der Waals surface area contributed by atoms with Gasteiger partial charge in [-0.15, -0.1) is 0 Å². The molecular weight excluding hydrogens is 334 g/mol. The molecule has 0 spiro atoms. The van der Waals surface area contributed by atoms with Crippen LogP contribution in [0.3, 0.4) is 0 Å². The average Bonchev–Trinajstić information content (AvgIpc) is 2.56. The largest absolute Gasteiger partial charge is 1.00 e. The molecule has 0 amide bonds. The first-order valence-electron chi connectivity index (χ1n) is 9.25. The van der Waals surface area contributed by atoms with Crippen molar-refractivity contribution in [3.63, 3.8) is 0 Å². The van der Waals surface area contributed by atoms with Crippen LogP contribution in [-0.2, 0) is 16.0 Å². The third-order valence-corrected chi connectivity index (χ3v) is 4.97. The molecule has 1 aromatic carbocycles. The lowest BCUT2D eigenvalue weighted by atomic mass is 10.0. The fraction of sp³-hybridized carbons (Fsp3) is 0.571. The normalized spacial score (nSPS) is 16.8. The topological polar surface area (TPSA) is 26.3 Å². The first-order valence-corrected chi connectivity index (χ1v) is 9.25. The Labute approximate surface area is 159 Å². The van der Waals surface area contributed by atoms with Gasteiger partial charge in [0.05, 0.1) is 26.2 Å². The summed E-state index contributed by atoms with van der Waals surface area (Å²) in [6.45, 7) is 10.3. The number of quaternary nitrogens is 1. The molecule has 1 aliphatic rings. The van der Waals surface area contributed by atoms with Gasteiger partial charge in [0.1, 0.15) is 0 Å². The number of nitrogens with zero attached hydrogens (tertiary/aromatic N) is 1. The minimum absolute atomic E-state index is 0. The zero-order valence-corrected chi connectivity index (χ0v) is 16.6. The molecule has 0 aromatic heterocycles. The number of esters is 1. The monoisotopic (exact) mass is 365 g/mol. The van der Waals surface area contributed by atoms with Crippen LogP contribution in [0.1, 0.15) is 44.2 Å². The number of carbonyl (C=O) groups excluding carboxylic acids is 1. The zero-order chi connectivity index (χ0) is 17.4. The van der Waals surface area contributed by atoms with Gasteiger partial charge in [-0.1, -0.05) is 35.4 Å². The summed E-state index contributed by atoms with van der Waals surface area (Å²) >= 11 is 0. The van der Waals surface area contributed by atoms with Crippen LogP contribution in [0.2, 0.25) is 0 Å². The number of rotatable bonds is 7. The van der Waals surface area contributed by atoms with Crippen molar-refractivity contribution in [3.8, 4) is 0 Å². The van der Waals surface area contributed by atoms with Gasteiger partial charge in [0.25, 0.3) is 0 Å². The van der Waals surface area contributed by atoms with Crippen LogP contribution >= 0.6 is 0 Å². The first-order chi connectivity index (χ1) is 11.5. The van der Waals surface area contributed by atoms with Crippen LogP contribution in [0.15, 0.2) is 35.9 Å². The fourth-order valence-electron chi connectivity index (χ4n) is 3.52. The van der Waals surface area contributed by atoms with Gasteiger partial charge in [-0.2, -0.15) is 0 Å². The molecule has 2 rings (SSSR count). The zero-order valence-electron chi connectivity index (χ0n) is 15.9. The maximum absolute atomic E-state index is 12.0. The Kier molecular flexibility index (Phi) is 9.23. The molecule has 1 aliphatic heterocycles. The SMILES string of the molecule is CCOC(=O)C[N+]1(C/C=C(\C)Cc2ccc(C)cc2)CCCCC1.[Cl-]. The lowest BCUT2D eigenvalue weighted by molar-refractivity contribution is -0.920. The minimum Gasteiger partial charge on any atom is -1.00 e. The van der Waals surface area contributed by atoms with Gasteiger partial charge in [-0.05, 0) is 58.1 Å². The van der Waals surface area contributed by atoms with Gasteiger partial charge in [0.15, 0.2) is 6.54 Å². The molecule has 0 bridgehead atoms. The minimum atomic E-state index is -0.0519. The number of hydrogen-bond donors (Lipinski definition) is 0. The number of ether oxygens (including phenoxy) is 1. The second-order valence-corrected chi connectivity index (χ2v) is 7.21. The molecule has 1 fully saturated rings. The molecule has 0 radical (unpaired) electrons. The number of hydrogen-bond acceptors (Lipinski definition) is 2. The third-order valence-electron chi connectivity index (χ3n) is 4.97. The van der Waals surface area contributed by atoms with Crippen molar-refractivity contribution >= 4 is 5.97 Å². The summed E-state index contributed by atoms with van der Waals surface area (Å²) in [6.07, 6.45) is 7.04. The van der Waals surface area contributed by atoms with E-state index in [1.54, 1.807) is 0 Å². The Morgan fingerprint density at radius 2 is 1.80 bits per heavy atom. The molecule has 4 heteroatoms. The summed E-state index contributed by atoms with van der Waals surface area (Å²) in [7, 11) is 0. The van der Waals surface area contributed by atoms with E-state index < -0.39 is 0 Å². The van der Waals surface area contributed by atoms with Crippen LogP contribution in [-0.4, -0.2) is 43.2 Å². The van der Waals surface area contributed by atoms with Gasteiger partial charge in [0, 0.05) is 0 Å². The van der Waals surface area contributed by atoms with Gasteiger partial charge < -0.3 is 21.6 Å². The van der Waals surface area contributed by atoms with Gasteiger partial charge in [-0.25, -0.2) is 4.79 Å². The molecule has 25 heavy (non-hydrogen) atoms. The van der Waals surface area contributed by atoms with Crippen LogP contribution in [0.5, 0.6) is 0 Å². The summed E-state index contributed by atoms with van der Waals surface area (Å²) in [5.41, 5.74) is 4.03. The van der Waals surface area contributed by atoms with Gasteiger partial charge >= 0.3 is 5.97 Å². The molecule has 0 saturated carbocycles. The molecule has 0 atom stereocenters. The van der Waals surface area contributed by atoms with E-state index in [0.29, 0.717) is 13.2 Å². The van der Waals surface area contributed by atoms with Gasteiger partial charge in [0.2, 0.25) is 0 Å². The van der Waals surface area contributed by atoms with E-state index in [-0.39, 0.29) is 18.4 Å². The summed E-state index contributed by atoms with van der Waals surface area (Å²) < 4.78 is 6.07. The van der Waals surface area contributed by atoms with Gasteiger partial charge in [-0.3, -0.25) is 0 Å². The molecule has 1 aromatic rings. The Morgan fingerprint density at radius 1 is 1.16 bits per heavy atom. The van der Waals surface area contributed by atoms with Crippen LogP contribution in [0.25, 0.3) is 0 Å². The Balaban J connectivity index is 0.00000312. The molecule has 1 saturated heterocycles. The van der Waals surface area contributed by atoms with E-state index >= 15 is 0 Å². The highest BCUT2D eigenvalue weighted by Crippen LogP contribution is 2.20. The summed E-state index contributed by atoms with van der Waals surface area (Å²) in [6, 6.07) is 8.75. The number of aryl methyl sites for hydroxylation is 1. The number of piperidine rings is 1. The van der Waals surface area contributed by atoms with Crippen molar-refractivity contribution in [3.05, 3.63) is 47.0 Å². The number of allylic oxidation sites excluding steroid dienone is 1. The summed E-state index contributed by atoms with van der Waals surface area (Å²) in [4.78, 5) is 12.0. The quantitative estimate of drug-likeness (QED) is 0.410. The molecule has 0 unspecified atom stereocenters. The highest BCUT2D eigenvalue weighted by atomic mass is 35.5.